The fourth-order valence-corrected chi connectivity index (χ4v) is 1.79. The number of hydrogen-bond acceptors (Lipinski definition) is 3. The number of para-hydroxylation sites is 1. The van der Waals surface area contributed by atoms with E-state index in [4.69, 9.17) is 34.0 Å². The van der Waals surface area contributed by atoms with E-state index < -0.39 is 0 Å². The van der Waals surface area contributed by atoms with Crippen LogP contribution in [0.5, 0.6) is 11.5 Å². The Morgan fingerprint density at radius 3 is 2.30 bits per heavy atom. The minimum absolute atomic E-state index is 0.117. The molecular formula is C14H10ClN3OS. The molecule has 4 nitrogen and oxygen atoms in total. The van der Waals surface area contributed by atoms with Gasteiger partial charge in [0.05, 0.1) is 5.69 Å². The number of nitrogens with one attached hydrogen (secondary N) is 1. The Hall–Kier alpha value is -2.29. The lowest BCUT2D eigenvalue weighted by Crippen LogP contribution is -2.30. The summed E-state index contributed by atoms with van der Waals surface area (Å²) in [6.45, 7) is 0. The molecule has 20 heavy (non-hydrogen) atoms. The Balaban J connectivity index is 2.07. The van der Waals surface area contributed by atoms with E-state index >= 15 is 0 Å². The summed E-state index contributed by atoms with van der Waals surface area (Å²) in [5.41, 5.74) is 0.639. The Morgan fingerprint density at radius 2 is 1.70 bits per heavy atom. The van der Waals surface area contributed by atoms with Gasteiger partial charge in [-0.25, -0.2) is 4.42 Å². The third kappa shape index (κ3) is 3.60. The number of thiocarbonyl (C=S) groups is 1. The predicted molar refractivity (Wildman–Crippen MR) is 82.6 cm³/mol. The molecule has 0 saturated carbocycles. The van der Waals surface area contributed by atoms with Gasteiger partial charge in [0.1, 0.15) is 11.5 Å². The predicted octanol–water partition coefficient (Wildman–Crippen LogP) is 3.79. The third-order valence-electron chi connectivity index (χ3n) is 2.38. The van der Waals surface area contributed by atoms with Gasteiger partial charge in [0.2, 0.25) is 5.11 Å². The van der Waals surface area contributed by atoms with Crippen LogP contribution in [0.25, 0.3) is 0 Å². The van der Waals surface area contributed by atoms with Crippen molar-refractivity contribution >= 4 is 34.8 Å². The number of nitriles is 1. The lowest BCUT2D eigenvalue weighted by Gasteiger charge is -2.15. The van der Waals surface area contributed by atoms with E-state index in [1.54, 1.807) is 30.5 Å². The molecule has 0 unspecified atom stereocenters. The lowest BCUT2D eigenvalue weighted by molar-refractivity contribution is 0.483. The van der Waals surface area contributed by atoms with Crippen molar-refractivity contribution in [2.45, 2.75) is 0 Å². The number of nitrogens with zero attached hydrogens (tertiary/aromatic N) is 2. The molecule has 0 saturated heterocycles. The van der Waals surface area contributed by atoms with Crippen molar-refractivity contribution in [3.05, 3.63) is 54.6 Å². The minimum atomic E-state index is 0.117. The zero-order valence-corrected chi connectivity index (χ0v) is 11.9. The fourth-order valence-electron chi connectivity index (χ4n) is 1.48. The van der Waals surface area contributed by atoms with Crippen LogP contribution in [0, 0.1) is 11.5 Å². The van der Waals surface area contributed by atoms with Gasteiger partial charge in [0.25, 0.3) is 0 Å². The highest BCUT2D eigenvalue weighted by atomic mass is 35.5. The van der Waals surface area contributed by atoms with Crippen molar-refractivity contribution in [3.63, 3.8) is 0 Å². The number of ether oxygens (including phenoxy) is 1. The minimum Gasteiger partial charge on any atom is -0.457 e. The van der Waals surface area contributed by atoms with Crippen LogP contribution in [0.15, 0.2) is 54.6 Å². The van der Waals surface area contributed by atoms with Gasteiger partial charge in [-0.15, -0.1) is 0 Å². The van der Waals surface area contributed by atoms with E-state index in [0.29, 0.717) is 11.4 Å². The molecule has 0 aliphatic heterocycles. The highest BCUT2D eigenvalue weighted by molar-refractivity contribution is 7.80. The summed E-state index contributed by atoms with van der Waals surface area (Å²) in [6, 6.07) is 16.5. The third-order valence-corrected chi connectivity index (χ3v) is 3.13. The van der Waals surface area contributed by atoms with Crippen LogP contribution in [0.1, 0.15) is 0 Å². The van der Waals surface area contributed by atoms with Gasteiger partial charge < -0.3 is 4.74 Å². The number of rotatable bonds is 3. The molecule has 0 spiro atoms. The van der Waals surface area contributed by atoms with E-state index in [9.17, 15) is 0 Å². The molecule has 0 radical (unpaired) electrons. The molecule has 0 aliphatic rings. The molecule has 2 aromatic rings. The van der Waals surface area contributed by atoms with Crippen LogP contribution in [0.3, 0.4) is 0 Å². The lowest BCUT2D eigenvalue weighted by atomic mass is 10.3. The first-order valence-electron chi connectivity index (χ1n) is 5.68. The van der Waals surface area contributed by atoms with E-state index in [1.165, 1.54) is 4.42 Å². The molecule has 0 atom stereocenters. The maximum atomic E-state index is 8.49. The zero-order valence-electron chi connectivity index (χ0n) is 10.3. The molecule has 100 valence electrons. The summed E-state index contributed by atoms with van der Waals surface area (Å²) >= 11 is 10.9. The monoisotopic (exact) mass is 303 g/mol. The van der Waals surface area contributed by atoms with Crippen LogP contribution in [-0.4, -0.2) is 5.11 Å². The highest BCUT2D eigenvalue weighted by Gasteiger charge is 2.09. The Morgan fingerprint density at radius 1 is 1.10 bits per heavy atom. The van der Waals surface area contributed by atoms with Crippen molar-refractivity contribution < 1.29 is 4.74 Å². The van der Waals surface area contributed by atoms with Gasteiger partial charge in [-0.1, -0.05) is 18.2 Å². The summed E-state index contributed by atoms with van der Waals surface area (Å²) in [5, 5.41) is 10.9. The smallest absolute Gasteiger partial charge is 0.201 e. The number of hydrogen-bond donors (Lipinski definition) is 1. The fraction of sp³-hybridized carbons (Fsp3) is 0. The first-order valence-corrected chi connectivity index (χ1v) is 6.43. The summed E-state index contributed by atoms with van der Waals surface area (Å²) < 4.78 is 6.84. The Kier molecular flexibility index (Phi) is 4.77. The van der Waals surface area contributed by atoms with Crippen LogP contribution in [0.4, 0.5) is 5.69 Å². The van der Waals surface area contributed by atoms with Crippen molar-refractivity contribution in [1.82, 2.24) is 5.32 Å². The summed E-state index contributed by atoms with van der Waals surface area (Å²) in [6.07, 6.45) is 1.72. The molecule has 1 N–H and O–H groups in total. The normalized spacial score (nSPS) is 9.40. The van der Waals surface area contributed by atoms with Gasteiger partial charge in [-0.3, -0.25) is 5.32 Å². The van der Waals surface area contributed by atoms with Gasteiger partial charge in [0.15, 0.2) is 6.19 Å². The summed E-state index contributed by atoms with van der Waals surface area (Å²) in [7, 11) is 0. The Labute approximate surface area is 127 Å². The van der Waals surface area contributed by atoms with Gasteiger partial charge in [-0.05, 0) is 48.6 Å². The molecule has 2 aromatic carbocycles. The van der Waals surface area contributed by atoms with Crippen LogP contribution < -0.4 is 14.5 Å². The zero-order chi connectivity index (χ0) is 14.4. The largest absolute Gasteiger partial charge is 0.457 e. The van der Waals surface area contributed by atoms with Gasteiger partial charge >= 0.3 is 0 Å². The maximum Gasteiger partial charge on any atom is 0.201 e. The number of benzene rings is 2. The van der Waals surface area contributed by atoms with Gasteiger partial charge in [-0.2, -0.15) is 5.26 Å². The van der Waals surface area contributed by atoms with E-state index in [1.807, 2.05) is 30.3 Å². The van der Waals surface area contributed by atoms with Gasteiger partial charge in [0, 0.05) is 11.8 Å². The van der Waals surface area contributed by atoms with Crippen LogP contribution in [0.2, 0.25) is 0 Å². The highest BCUT2D eigenvalue weighted by Crippen LogP contribution is 2.25. The molecule has 0 bridgehead atoms. The molecule has 0 fully saturated rings. The molecule has 0 heterocycles. The molecule has 0 amide bonds. The van der Waals surface area contributed by atoms with Crippen molar-refractivity contribution in [2.75, 3.05) is 4.42 Å². The standard InChI is InChI=1S/C14H10ClN3OS/c15-18(14(20)17-10-16)11-6-8-13(9-7-11)19-12-4-2-1-3-5-12/h1-9H,(H,17,20). The number of anilines is 1. The van der Waals surface area contributed by atoms with E-state index in [2.05, 4.69) is 5.32 Å². The van der Waals surface area contributed by atoms with E-state index in [-0.39, 0.29) is 5.11 Å². The average Bonchev–Trinajstić information content (AvgIpc) is 2.48. The first-order chi connectivity index (χ1) is 9.70. The molecule has 0 aromatic heterocycles. The molecular weight excluding hydrogens is 294 g/mol. The van der Waals surface area contributed by atoms with Crippen molar-refractivity contribution in [1.29, 1.82) is 5.26 Å². The topological polar surface area (TPSA) is 48.3 Å². The number of halogens is 1. The summed E-state index contributed by atoms with van der Waals surface area (Å²) in [5.74, 6) is 1.44. The van der Waals surface area contributed by atoms with Crippen LogP contribution in [-0.2, 0) is 0 Å². The summed E-state index contributed by atoms with van der Waals surface area (Å²) in [4.78, 5) is 0. The second kappa shape index (κ2) is 6.75. The van der Waals surface area contributed by atoms with Crippen LogP contribution >= 0.6 is 24.0 Å². The Bertz CT molecular complexity index is 625. The first kappa shape index (κ1) is 14.1. The quantitative estimate of drug-likeness (QED) is 0.404. The van der Waals surface area contributed by atoms with Crippen molar-refractivity contribution in [2.24, 2.45) is 0 Å². The second-order valence-corrected chi connectivity index (χ2v) is 4.46. The van der Waals surface area contributed by atoms with Crippen molar-refractivity contribution in [3.8, 4) is 17.7 Å². The SMILES string of the molecule is N#CNC(=S)N(Cl)c1ccc(Oc2ccccc2)cc1. The molecule has 2 rings (SSSR count). The molecule has 6 heteroatoms. The maximum absolute atomic E-state index is 8.49. The average molecular weight is 304 g/mol. The molecule has 0 aliphatic carbocycles. The second-order valence-electron chi connectivity index (χ2n) is 3.73. The van der Waals surface area contributed by atoms with E-state index in [0.717, 1.165) is 5.75 Å².